The lowest BCUT2D eigenvalue weighted by Gasteiger charge is -2.15. The smallest absolute Gasteiger partial charge is 0.161 e. The van der Waals surface area contributed by atoms with Crippen LogP contribution in [0.5, 0.6) is 11.5 Å². The maximum Gasteiger partial charge on any atom is 0.161 e. The summed E-state index contributed by atoms with van der Waals surface area (Å²) in [4.78, 5) is 0. The van der Waals surface area contributed by atoms with E-state index in [1.54, 1.807) is 20.1 Å². The molecule has 0 spiro atoms. The summed E-state index contributed by atoms with van der Waals surface area (Å²) in [7, 11) is 1.60. The van der Waals surface area contributed by atoms with Gasteiger partial charge < -0.3 is 19.3 Å². The van der Waals surface area contributed by atoms with Crippen LogP contribution in [0.3, 0.4) is 0 Å². The van der Waals surface area contributed by atoms with Crippen molar-refractivity contribution in [1.82, 2.24) is 0 Å². The molecule has 0 aliphatic carbocycles. The molecule has 1 heterocycles. The molecule has 18 heavy (non-hydrogen) atoms. The first-order valence-electron chi connectivity index (χ1n) is 6.31. The molecule has 0 amide bonds. The summed E-state index contributed by atoms with van der Waals surface area (Å²) in [6, 6.07) is 5.48. The van der Waals surface area contributed by atoms with E-state index in [2.05, 4.69) is 0 Å². The molecule has 2 atom stereocenters. The molecule has 0 bridgehead atoms. The fourth-order valence-corrected chi connectivity index (χ4v) is 2.02. The van der Waals surface area contributed by atoms with Gasteiger partial charge in [-0.15, -0.1) is 0 Å². The second-order valence-electron chi connectivity index (χ2n) is 4.53. The number of hydrogen-bond donors (Lipinski definition) is 1. The lowest BCUT2D eigenvalue weighted by Crippen LogP contribution is -2.16. The number of hydrogen-bond acceptors (Lipinski definition) is 4. The Morgan fingerprint density at radius 3 is 2.89 bits per heavy atom. The Bertz CT molecular complexity index is 383. The maximum absolute atomic E-state index is 9.52. The number of methoxy groups -OCH3 is 1. The molecule has 1 aromatic rings. The van der Waals surface area contributed by atoms with Crippen LogP contribution in [-0.4, -0.2) is 31.5 Å². The second-order valence-corrected chi connectivity index (χ2v) is 4.53. The molecule has 4 nitrogen and oxygen atoms in total. The number of ether oxygens (including phenoxy) is 3. The van der Waals surface area contributed by atoms with Crippen LogP contribution in [0, 0.1) is 0 Å². The number of rotatable bonds is 5. The Morgan fingerprint density at radius 2 is 2.28 bits per heavy atom. The van der Waals surface area contributed by atoms with Crippen molar-refractivity contribution in [2.75, 3.05) is 20.3 Å². The molecular formula is C14H20O4. The van der Waals surface area contributed by atoms with Crippen LogP contribution in [0.2, 0.25) is 0 Å². The summed E-state index contributed by atoms with van der Waals surface area (Å²) in [5.74, 6) is 1.34. The van der Waals surface area contributed by atoms with E-state index in [-0.39, 0.29) is 6.10 Å². The quantitative estimate of drug-likeness (QED) is 0.873. The molecule has 1 fully saturated rings. The largest absolute Gasteiger partial charge is 0.493 e. The van der Waals surface area contributed by atoms with E-state index in [9.17, 15) is 5.11 Å². The van der Waals surface area contributed by atoms with Crippen LogP contribution in [0.15, 0.2) is 18.2 Å². The third-order valence-electron chi connectivity index (χ3n) is 3.12. The van der Waals surface area contributed by atoms with E-state index in [1.165, 1.54) is 0 Å². The lowest BCUT2D eigenvalue weighted by molar-refractivity contribution is 0.0669. The van der Waals surface area contributed by atoms with Gasteiger partial charge in [-0.3, -0.25) is 0 Å². The molecule has 2 rings (SSSR count). The van der Waals surface area contributed by atoms with Gasteiger partial charge in [-0.05, 0) is 37.5 Å². The Labute approximate surface area is 107 Å². The van der Waals surface area contributed by atoms with Crippen LogP contribution < -0.4 is 9.47 Å². The Hall–Kier alpha value is -1.26. The zero-order valence-electron chi connectivity index (χ0n) is 10.9. The summed E-state index contributed by atoms with van der Waals surface area (Å²) in [6.07, 6.45) is 1.83. The van der Waals surface area contributed by atoms with Crippen LogP contribution >= 0.6 is 0 Å². The second kappa shape index (κ2) is 6.07. The van der Waals surface area contributed by atoms with Crippen molar-refractivity contribution in [3.05, 3.63) is 23.8 Å². The predicted octanol–water partition coefficient (Wildman–Crippen LogP) is 2.31. The topological polar surface area (TPSA) is 47.9 Å². The van der Waals surface area contributed by atoms with Crippen molar-refractivity contribution >= 4 is 0 Å². The van der Waals surface area contributed by atoms with E-state index < -0.39 is 6.10 Å². The molecule has 0 saturated carbocycles. The molecule has 4 heteroatoms. The number of benzene rings is 1. The van der Waals surface area contributed by atoms with Crippen LogP contribution in [0.1, 0.15) is 31.4 Å². The van der Waals surface area contributed by atoms with Gasteiger partial charge in [0.05, 0.1) is 19.3 Å². The fraction of sp³-hybridized carbons (Fsp3) is 0.571. The van der Waals surface area contributed by atoms with Gasteiger partial charge in [-0.2, -0.15) is 0 Å². The van der Waals surface area contributed by atoms with Crippen LogP contribution in [-0.2, 0) is 4.74 Å². The Kier molecular flexibility index (Phi) is 4.44. The predicted molar refractivity (Wildman–Crippen MR) is 68.1 cm³/mol. The van der Waals surface area contributed by atoms with E-state index in [0.29, 0.717) is 18.1 Å². The summed E-state index contributed by atoms with van der Waals surface area (Å²) in [5, 5.41) is 9.52. The average molecular weight is 252 g/mol. The highest BCUT2D eigenvalue weighted by Gasteiger charge is 2.17. The molecule has 2 unspecified atom stereocenters. The Morgan fingerprint density at radius 1 is 1.44 bits per heavy atom. The van der Waals surface area contributed by atoms with Gasteiger partial charge >= 0.3 is 0 Å². The molecule has 1 aliphatic heterocycles. The van der Waals surface area contributed by atoms with Gasteiger partial charge in [0, 0.05) is 6.61 Å². The molecule has 0 aromatic heterocycles. The minimum Gasteiger partial charge on any atom is -0.493 e. The number of aliphatic hydroxyl groups is 1. The van der Waals surface area contributed by atoms with Gasteiger partial charge in [0.1, 0.15) is 6.61 Å². The first-order chi connectivity index (χ1) is 8.70. The summed E-state index contributed by atoms with van der Waals surface area (Å²) >= 11 is 0. The summed E-state index contributed by atoms with van der Waals surface area (Å²) < 4.78 is 16.5. The van der Waals surface area contributed by atoms with Crippen LogP contribution in [0.25, 0.3) is 0 Å². The third kappa shape index (κ3) is 3.15. The van der Waals surface area contributed by atoms with Gasteiger partial charge in [-0.1, -0.05) is 6.07 Å². The highest BCUT2D eigenvalue weighted by atomic mass is 16.5. The van der Waals surface area contributed by atoms with E-state index in [0.717, 1.165) is 25.0 Å². The SMILES string of the molecule is COc1cc(C(C)O)ccc1OCC1CCCO1. The average Bonchev–Trinajstić information content (AvgIpc) is 2.89. The molecule has 1 N–H and O–H groups in total. The van der Waals surface area contributed by atoms with E-state index >= 15 is 0 Å². The zero-order valence-corrected chi connectivity index (χ0v) is 10.9. The molecule has 0 radical (unpaired) electrons. The zero-order chi connectivity index (χ0) is 13.0. The van der Waals surface area contributed by atoms with Crippen molar-refractivity contribution in [3.8, 4) is 11.5 Å². The number of aliphatic hydroxyl groups excluding tert-OH is 1. The molecule has 1 aromatic carbocycles. The van der Waals surface area contributed by atoms with E-state index in [4.69, 9.17) is 14.2 Å². The van der Waals surface area contributed by atoms with Gasteiger partial charge in [-0.25, -0.2) is 0 Å². The third-order valence-corrected chi connectivity index (χ3v) is 3.12. The lowest BCUT2D eigenvalue weighted by atomic mass is 10.1. The first kappa shape index (κ1) is 13.2. The minimum absolute atomic E-state index is 0.186. The standard InChI is InChI=1S/C14H20O4/c1-10(15)11-5-6-13(14(8-11)16-2)18-9-12-4-3-7-17-12/h5-6,8,10,12,15H,3-4,7,9H2,1-2H3. The monoisotopic (exact) mass is 252 g/mol. The van der Waals surface area contributed by atoms with Crippen LogP contribution in [0.4, 0.5) is 0 Å². The summed E-state index contributed by atoms with van der Waals surface area (Å²) in [5.41, 5.74) is 0.816. The van der Waals surface area contributed by atoms with Crippen molar-refractivity contribution in [2.45, 2.75) is 32.0 Å². The molecule has 100 valence electrons. The summed E-state index contributed by atoms with van der Waals surface area (Å²) in [6.45, 7) is 3.10. The van der Waals surface area contributed by atoms with Gasteiger partial charge in [0.2, 0.25) is 0 Å². The molecular weight excluding hydrogens is 232 g/mol. The Balaban J connectivity index is 2.02. The van der Waals surface area contributed by atoms with Gasteiger partial charge in [0.25, 0.3) is 0 Å². The van der Waals surface area contributed by atoms with Crippen molar-refractivity contribution < 1.29 is 19.3 Å². The molecule has 1 saturated heterocycles. The van der Waals surface area contributed by atoms with E-state index in [1.807, 2.05) is 12.1 Å². The normalized spacial score (nSPS) is 20.7. The van der Waals surface area contributed by atoms with Crippen molar-refractivity contribution in [1.29, 1.82) is 0 Å². The van der Waals surface area contributed by atoms with Crippen molar-refractivity contribution in [2.24, 2.45) is 0 Å². The highest BCUT2D eigenvalue weighted by Crippen LogP contribution is 2.30. The first-order valence-corrected chi connectivity index (χ1v) is 6.31. The maximum atomic E-state index is 9.52. The van der Waals surface area contributed by atoms with Crippen molar-refractivity contribution in [3.63, 3.8) is 0 Å². The minimum atomic E-state index is -0.508. The molecule has 1 aliphatic rings. The van der Waals surface area contributed by atoms with Gasteiger partial charge in [0.15, 0.2) is 11.5 Å². The highest BCUT2D eigenvalue weighted by molar-refractivity contribution is 5.43. The fourth-order valence-electron chi connectivity index (χ4n) is 2.02.